The van der Waals surface area contributed by atoms with Crippen LogP contribution in [0.2, 0.25) is 0 Å². The van der Waals surface area contributed by atoms with Crippen molar-refractivity contribution in [3.05, 3.63) is 59.4 Å². The highest BCUT2D eigenvalue weighted by Crippen LogP contribution is 2.31. The fraction of sp³-hybridized carbons (Fsp3) is 0.235. The largest absolute Gasteiger partial charge is 0.416 e. The minimum absolute atomic E-state index is 0.00511. The van der Waals surface area contributed by atoms with Crippen molar-refractivity contribution in [3.8, 4) is 0 Å². The highest BCUT2D eigenvalue weighted by Gasteiger charge is 2.31. The summed E-state index contributed by atoms with van der Waals surface area (Å²) < 4.78 is 51.7. The summed E-state index contributed by atoms with van der Waals surface area (Å²) in [6, 6.07) is 9.55. The first kappa shape index (κ1) is 18.2. The molecule has 24 heavy (non-hydrogen) atoms. The molecule has 7 heteroatoms. The fourth-order valence-electron chi connectivity index (χ4n) is 2.03. The molecule has 0 aromatic heterocycles. The van der Waals surface area contributed by atoms with Crippen molar-refractivity contribution in [1.82, 2.24) is 0 Å². The minimum Gasteiger partial charge on any atom is -0.332 e. The van der Waals surface area contributed by atoms with E-state index >= 15 is 0 Å². The van der Waals surface area contributed by atoms with Gasteiger partial charge in [0.05, 0.1) is 11.3 Å². The number of anilines is 2. The third-order valence-corrected chi connectivity index (χ3v) is 3.58. The van der Waals surface area contributed by atoms with Gasteiger partial charge in [-0.2, -0.15) is 13.2 Å². The molecule has 0 saturated carbocycles. The normalized spacial score (nSPS) is 11.5. The predicted molar refractivity (Wildman–Crippen MR) is 91.8 cm³/mol. The fourth-order valence-corrected chi connectivity index (χ4v) is 2.26. The second-order valence-corrected chi connectivity index (χ2v) is 5.96. The summed E-state index contributed by atoms with van der Waals surface area (Å²) in [4.78, 5) is 0. The second-order valence-electron chi connectivity index (χ2n) is 5.55. The Kier molecular flexibility index (Phi) is 5.43. The van der Waals surface area contributed by atoms with Gasteiger partial charge >= 0.3 is 6.18 Å². The zero-order chi connectivity index (χ0) is 17.9. The van der Waals surface area contributed by atoms with E-state index in [9.17, 15) is 17.6 Å². The van der Waals surface area contributed by atoms with Gasteiger partial charge in [-0.15, -0.1) is 0 Å². The first-order valence-electron chi connectivity index (χ1n) is 7.21. The second kappa shape index (κ2) is 7.17. The Morgan fingerprint density at radius 3 is 2.17 bits per heavy atom. The molecule has 2 aromatic rings. The maximum Gasteiger partial charge on any atom is 0.416 e. The molecule has 0 aliphatic carbocycles. The Bertz CT molecular complexity index is 724. The van der Waals surface area contributed by atoms with Crippen LogP contribution in [0.3, 0.4) is 0 Å². The molecule has 2 rings (SSSR count). The first-order valence-corrected chi connectivity index (χ1v) is 7.62. The van der Waals surface area contributed by atoms with Crippen LogP contribution >= 0.6 is 12.2 Å². The highest BCUT2D eigenvalue weighted by molar-refractivity contribution is 7.80. The van der Waals surface area contributed by atoms with E-state index in [4.69, 9.17) is 12.2 Å². The Morgan fingerprint density at radius 1 is 1.00 bits per heavy atom. The van der Waals surface area contributed by atoms with Crippen molar-refractivity contribution >= 4 is 28.7 Å². The van der Waals surface area contributed by atoms with E-state index in [1.165, 1.54) is 0 Å². The average molecular weight is 356 g/mol. The number of hydrogen-bond donors (Lipinski definition) is 2. The number of alkyl halides is 3. The Labute approximate surface area is 142 Å². The van der Waals surface area contributed by atoms with Crippen LogP contribution in [0, 0.1) is 5.82 Å². The standard InChI is InChI=1S/C17H16F4N2S/c1-10(2)11-3-6-13(7-4-11)22-16(24)23-15-9-12(17(19,20)21)5-8-14(15)18/h3-10H,1-2H3,(H2,22,23,24). The van der Waals surface area contributed by atoms with E-state index < -0.39 is 17.6 Å². The van der Waals surface area contributed by atoms with E-state index in [0.29, 0.717) is 23.7 Å². The van der Waals surface area contributed by atoms with Gasteiger partial charge in [-0.05, 0) is 54.0 Å². The average Bonchev–Trinajstić information content (AvgIpc) is 2.48. The molecule has 0 spiro atoms. The zero-order valence-electron chi connectivity index (χ0n) is 13.0. The number of halogens is 4. The van der Waals surface area contributed by atoms with Crippen LogP contribution in [0.1, 0.15) is 30.9 Å². The smallest absolute Gasteiger partial charge is 0.332 e. The lowest BCUT2D eigenvalue weighted by Gasteiger charge is -2.14. The van der Waals surface area contributed by atoms with Crippen LogP contribution in [-0.2, 0) is 6.18 Å². The first-order chi connectivity index (χ1) is 11.2. The van der Waals surface area contributed by atoms with Crippen LogP contribution < -0.4 is 10.6 Å². The SMILES string of the molecule is CC(C)c1ccc(NC(=S)Nc2cc(C(F)(F)F)ccc2F)cc1. The predicted octanol–water partition coefficient (Wildman–Crippen LogP) is 5.78. The summed E-state index contributed by atoms with van der Waals surface area (Å²) in [5.74, 6) is -0.439. The van der Waals surface area contributed by atoms with E-state index in [1.54, 1.807) is 12.1 Å². The monoisotopic (exact) mass is 356 g/mol. The maximum absolute atomic E-state index is 13.7. The van der Waals surface area contributed by atoms with Gasteiger partial charge < -0.3 is 10.6 Å². The van der Waals surface area contributed by atoms with Crippen LogP contribution in [0.4, 0.5) is 28.9 Å². The Balaban J connectivity index is 2.09. The van der Waals surface area contributed by atoms with Gasteiger partial charge in [0, 0.05) is 5.69 Å². The molecule has 0 bridgehead atoms. The van der Waals surface area contributed by atoms with Gasteiger partial charge in [0.25, 0.3) is 0 Å². The number of benzene rings is 2. The molecule has 128 valence electrons. The van der Waals surface area contributed by atoms with Crippen molar-refractivity contribution in [2.75, 3.05) is 10.6 Å². The molecule has 0 aliphatic heterocycles. The van der Waals surface area contributed by atoms with Crippen molar-refractivity contribution < 1.29 is 17.6 Å². The van der Waals surface area contributed by atoms with Gasteiger partial charge in [-0.25, -0.2) is 4.39 Å². The third kappa shape index (κ3) is 4.67. The molecule has 0 unspecified atom stereocenters. The molecule has 2 aromatic carbocycles. The molecule has 0 fully saturated rings. The Morgan fingerprint density at radius 2 is 1.62 bits per heavy atom. The van der Waals surface area contributed by atoms with Gasteiger partial charge in [-0.1, -0.05) is 26.0 Å². The van der Waals surface area contributed by atoms with E-state index in [1.807, 2.05) is 12.1 Å². The number of rotatable bonds is 3. The van der Waals surface area contributed by atoms with E-state index in [-0.39, 0.29) is 10.8 Å². The lowest BCUT2D eigenvalue weighted by molar-refractivity contribution is -0.137. The van der Waals surface area contributed by atoms with Crippen LogP contribution in [-0.4, -0.2) is 5.11 Å². The van der Waals surface area contributed by atoms with Crippen molar-refractivity contribution in [1.29, 1.82) is 0 Å². The summed E-state index contributed by atoms with van der Waals surface area (Å²) in [6.45, 7) is 4.12. The molecule has 0 heterocycles. The van der Waals surface area contributed by atoms with E-state index in [2.05, 4.69) is 24.5 Å². The molecular weight excluding hydrogens is 340 g/mol. The van der Waals surface area contributed by atoms with Crippen molar-refractivity contribution in [2.45, 2.75) is 25.9 Å². The quantitative estimate of drug-likeness (QED) is 0.539. The summed E-state index contributed by atoms with van der Waals surface area (Å²) in [5, 5.41) is 5.27. The number of nitrogens with one attached hydrogen (secondary N) is 2. The minimum atomic E-state index is -4.55. The molecule has 0 aliphatic rings. The molecular formula is C17H16F4N2S. The van der Waals surface area contributed by atoms with Gasteiger partial charge in [0.2, 0.25) is 0 Å². The topological polar surface area (TPSA) is 24.1 Å². The molecule has 2 nitrogen and oxygen atoms in total. The molecule has 0 radical (unpaired) electrons. The Hall–Kier alpha value is -2.15. The summed E-state index contributed by atoms with van der Waals surface area (Å²) >= 11 is 5.03. The van der Waals surface area contributed by atoms with Crippen molar-refractivity contribution in [2.24, 2.45) is 0 Å². The number of hydrogen-bond acceptors (Lipinski definition) is 1. The van der Waals surface area contributed by atoms with Crippen LogP contribution in [0.25, 0.3) is 0 Å². The summed E-state index contributed by atoms with van der Waals surface area (Å²) in [5.41, 5.74) is 0.518. The van der Waals surface area contributed by atoms with Crippen LogP contribution in [0.5, 0.6) is 0 Å². The van der Waals surface area contributed by atoms with Gasteiger partial charge in [0.1, 0.15) is 5.82 Å². The molecule has 2 N–H and O–H groups in total. The third-order valence-electron chi connectivity index (χ3n) is 3.38. The molecule has 0 amide bonds. The lowest BCUT2D eigenvalue weighted by Crippen LogP contribution is -2.20. The number of thiocarbonyl (C=S) groups is 1. The lowest BCUT2D eigenvalue weighted by atomic mass is 10.0. The van der Waals surface area contributed by atoms with Gasteiger partial charge in [-0.3, -0.25) is 0 Å². The highest BCUT2D eigenvalue weighted by atomic mass is 32.1. The summed E-state index contributed by atoms with van der Waals surface area (Å²) in [7, 11) is 0. The molecule has 0 saturated heterocycles. The molecule has 0 atom stereocenters. The van der Waals surface area contributed by atoms with Crippen LogP contribution in [0.15, 0.2) is 42.5 Å². The van der Waals surface area contributed by atoms with E-state index in [0.717, 1.165) is 11.6 Å². The zero-order valence-corrected chi connectivity index (χ0v) is 13.9. The summed E-state index contributed by atoms with van der Waals surface area (Å²) in [6.07, 6.45) is -4.55. The maximum atomic E-state index is 13.7. The van der Waals surface area contributed by atoms with Crippen molar-refractivity contribution in [3.63, 3.8) is 0 Å². The van der Waals surface area contributed by atoms with Gasteiger partial charge in [0.15, 0.2) is 5.11 Å².